The highest BCUT2D eigenvalue weighted by Gasteiger charge is 2.10. The van der Waals surface area contributed by atoms with Crippen molar-refractivity contribution < 1.29 is 0 Å². The number of nitrogens with zero attached hydrogens (tertiary/aromatic N) is 2. The normalized spacial score (nSPS) is 15.8. The van der Waals surface area contributed by atoms with Crippen LogP contribution in [-0.2, 0) is 18.6 Å². The minimum absolute atomic E-state index is 0.646. The third-order valence-electron chi connectivity index (χ3n) is 2.26. The van der Waals surface area contributed by atoms with Crippen LogP contribution in [0, 0.1) is 0 Å². The van der Waals surface area contributed by atoms with Gasteiger partial charge in [0, 0.05) is 11.9 Å². The summed E-state index contributed by atoms with van der Waals surface area (Å²) in [6.07, 6.45) is 6.81. The Labute approximate surface area is 77.8 Å². The molecular formula is C9H12N2S. The van der Waals surface area contributed by atoms with E-state index in [0.29, 0.717) is 5.75 Å². The number of hydrogen-bond donors (Lipinski definition) is 1. The third-order valence-corrected chi connectivity index (χ3v) is 2.54. The number of fused-ring (bicyclic) bond motifs is 1. The predicted molar refractivity (Wildman–Crippen MR) is 51.4 cm³/mol. The molecule has 0 bridgehead atoms. The average molecular weight is 180 g/mol. The molecule has 0 radical (unpaired) electrons. The Morgan fingerprint density at radius 1 is 1.33 bits per heavy atom. The van der Waals surface area contributed by atoms with Gasteiger partial charge in [-0.2, -0.15) is 12.6 Å². The van der Waals surface area contributed by atoms with E-state index in [2.05, 4.69) is 22.6 Å². The first-order chi connectivity index (χ1) is 5.90. The minimum Gasteiger partial charge on any atom is -0.240 e. The number of aromatic nitrogens is 2. The maximum Gasteiger partial charge on any atom is 0.138 e. The van der Waals surface area contributed by atoms with Gasteiger partial charge >= 0.3 is 0 Å². The van der Waals surface area contributed by atoms with Crippen LogP contribution in [0.25, 0.3) is 0 Å². The number of aryl methyl sites for hydroxylation is 2. The van der Waals surface area contributed by atoms with Crippen molar-refractivity contribution in [1.82, 2.24) is 9.97 Å². The lowest BCUT2D eigenvalue weighted by atomic mass is 9.98. The highest BCUT2D eigenvalue weighted by Crippen LogP contribution is 2.18. The van der Waals surface area contributed by atoms with Crippen LogP contribution in [0.2, 0.25) is 0 Å². The first-order valence-corrected chi connectivity index (χ1v) is 4.98. The monoisotopic (exact) mass is 180 g/mol. The van der Waals surface area contributed by atoms with Crippen LogP contribution in [0.3, 0.4) is 0 Å². The Balaban J connectivity index is 2.36. The molecular weight excluding hydrogens is 168 g/mol. The SMILES string of the molecule is SCc1ncc2c(n1)CCCC2. The van der Waals surface area contributed by atoms with Crippen molar-refractivity contribution in [1.29, 1.82) is 0 Å². The average Bonchev–Trinajstić information content (AvgIpc) is 2.17. The van der Waals surface area contributed by atoms with Crippen LogP contribution >= 0.6 is 12.6 Å². The summed E-state index contributed by atoms with van der Waals surface area (Å²) in [7, 11) is 0. The van der Waals surface area contributed by atoms with Gasteiger partial charge in [-0.25, -0.2) is 9.97 Å². The summed E-state index contributed by atoms with van der Waals surface area (Å²) in [5, 5.41) is 0. The van der Waals surface area contributed by atoms with Crippen molar-refractivity contribution in [3.05, 3.63) is 23.3 Å². The minimum atomic E-state index is 0.646. The molecule has 0 aliphatic heterocycles. The standard InChI is InChI=1S/C9H12N2S/c12-6-9-10-5-7-3-1-2-4-8(7)11-9/h5,12H,1-4,6H2. The fraction of sp³-hybridized carbons (Fsp3) is 0.556. The summed E-state index contributed by atoms with van der Waals surface area (Å²) in [6.45, 7) is 0. The zero-order valence-corrected chi connectivity index (χ0v) is 7.85. The van der Waals surface area contributed by atoms with Gasteiger partial charge < -0.3 is 0 Å². The second-order valence-electron chi connectivity index (χ2n) is 3.12. The van der Waals surface area contributed by atoms with E-state index in [1.807, 2.05) is 6.20 Å². The zero-order chi connectivity index (χ0) is 8.39. The summed E-state index contributed by atoms with van der Waals surface area (Å²) >= 11 is 4.15. The number of hydrogen-bond acceptors (Lipinski definition) is 3. The van der Waals surface area contributed by atoms with Gasteiger partial charge in [-0.3, -0.25) is 0 Å². The highest BCUT2D eigenvalue weighted by molar-refractivity contribution is 7.79. The maximum atomic E-state index is 4.44. The molecule has 0 N–H and O–H groups in total. The molecule has 0 spiro atoms. The van der Waals surface area contributed by atoms with Crippen molar-refractivity contribution >= 4 is 12.6 Å². The van der Waals surface area contributed by atoms with Crippen molar-refractivity contribution in [2.24, 2.45) is 0 Å². The number of thiol groups is 1. The first kappa shape index (κ1) is 8.05. The molecule has 0 atom stereocenters. The van der Waals surface area contributed by atoms with E-state index < -0.39 is 0 Å². The van der Waals surface area contributed by atoms with Crippen molar-refractivity contribution in [2.75, 3.05) is 0 Å². The maximum absolute atomic E-state index is 4.44. The van der Waals surface area contributed by atoms with Gasteiger partial charge in [0.25, 0.3) is 0 Å². The molecule has 1 aliphatic rings. The van der Waals surface area contributed by atoms with Gasteiger partial charge in [-0.1, -0.05) is 0 Å². The van der Waals surface area contributed by atoms with Crippen LogP contribution in [0.5, 0.6) is 0 Å². The molecule has 1 aromatic rings. The second-order valence-corrected chi connectivity index (χ2v) is 3.44. The molecule has 3 heteroatoms. The van der Waals surface area contributed by atoms with Gasteiger partial charge in [0.15, 0.2) is 0 Å². The lowest BCUT2D eigenvalue weighted by Crippen LogP contribution is -2.08. The molecule has 12 heavy (non-hydrogen) atoms. The van der Waals surface area contributed by atoms with Crippen LogP contribution in [-0.4, -0.2) is 9.97 Å². The molecule has 2 rings (SSSR count). The molecule has 0 fully saturated rings. The van der Waals surface area contributed by atoms with E-state index in [1.54, 1.807) is 0 Å². The van der Waals surface area contributed by atoms with E-state index in [9.17, 15) is 0 Å². The topological polar surface area (TPSA) is 25.8 Å². The van der Waals surface area contributed by atoms with Crippen LogP contribution < -0.4 is 0 Å². The summed E-state index contributed by atoms with van der Waals surface area (Å²) in [5.74, 6) is 1.51. The molecule has 1 heterocycles. The Hall–Kier alpha value is -0.570. The molecule has 0 saturated carbocycles. The smallest absolute Gasteiger partial charge is 0.138 e. The van der Waals surface area contributed by atoms with E-state index in [4.69, 9.17) is 0 Å². The highest BCUT2D eigenvalue weighted by atomic mass is 32.1. The largest absolute Gasteiger partial charge is 0.240 e. The molecule has 0 amide bonds. The fourth-order valence-corrected chi connectivity index (χ4v) is 1.75. The number of rotatable bonds is 1. The Bertz CT molecular complexity index is 286. The van der Waals surface area contributed by atoms with Gasteiger partial charge in [0.2, 0.25) is 0 Å². The summed E-state index contributed by atoms with van der Waals surface area (Å²) < 4.78 is 0. The summed E-state index contributed by atoms with van der Waals surface area (Å²) in [5.41, 5.74) is 2.59. The van der Waals surface area contributed by atoms with E-state index in [0.717, 1.165) is 18.7 Å². The van der Waals surface area contributed by atoms with Crippen molar-refractivity contribution in [3.8, 4) is 0 Å². The molecule has 1 aromatic heterocycles. The lowest BCUT2D eigenvalue weighted by molar-refractivity contribution is 0.657. The lowest BCUT2D eigenvalue weighted by Gasteiger charge is -2.13. The molecule has 0 unspecified atom stereocenters. The quantitative estimate of drug-likeness (QED) is 0.667. The van der Waals surface area contributed by atoms with Crippen LogP contribution in [0.1, 0.15) is 29.9 Å². The van der Waals surface area contributed by atoms with E-state index in [-0.39, 0.29) is 0 Å². The Kier molecular flexibility index (Phi) is 2.30. The first-order valence-electron chi connectivity index (χ1n) is 4.34. The van der Waals surface area contributed by atoms with Crippen LogP contribution in [0.4, 0.5) is 0 Å². The summed E-state index contributed by atoms with van der Waals surface area (Å²) in [4.78, 5) is 8.67. The predicted octanol–water partition coefficient (Wildman–Crippen LogP) is 1.79. The Morgan fingerprint density at radius 3 is 3.00 bits per heavy atom. The molecule has 0 saturated heterocycles. The van der Waals surface area contributed by atoms with E-state index in [1.165, 1.54) is 24.1 Å². The fourth-order valence-electron chi connectivity index (χ4n) is 1.59. The zero-order valence-electron chi connectivity index (χ0n) is 6.95. The molecule has 0 aromatic carbocycles. The van der Waals surface area contributed by atoms with Gasteiger partial charge in [0.05, 0.1) is 5.75 Å². The van der Waals surface area contributed by atoms with Crippen molar-refractivity contribution in [3.63, 3.8) is 0 Å². The molecule has 2 nitrogen and oxygen atoms in total. The van der Waals surface area contributed by atoms with Crippen molar-refractivity contribution in [2.45, 2.75) is 31.4 Å². The molecule has 64 valence electrons. The van der Waals surface area contributed by atoms with E-state index >= 15 is 0 Å². The van der Waals surface area contributed by atoms with Gasteiger partial charge in [0.1, 0.15) is 5.82 Å². The molecule has 1 aliphatic carbocycles. The van der Waals surface area contributed by atoms with Gasteiger partial charge in [-0.15, -0.1) is 0 Å². The van der Waals surface area contributed by atoms with Gasteiger partial charge in [-0.05, 0) is 31.2 Å². The third kappa shape index (κ3) is 1.46. The summed E-state index contributed by atoms with van der Waals surface area (Å²) in [6, 6.07) is 0. The van der Waals surface area contributed by atoms with Crippen LogP contribution in [0.15, 0.2) is 6.20 Å². The Morgan fingerprint density at radius 2 is 2.17 bits per heavy atom. The second kappa shape index (κ2) is 3.44.